The Kier molecular flexibility index (Phi) is 6.88. The summed E-state index contributed by atoms with van der Waals surface area (Å²) < 4.78 is 46.9. The average molecular weight is 374 g/mol. The number of hydrogen-bond acceptors (Lipinski definition) is 3. The summed E-state index contributed by atoms with van der Waals surface area (Å²) in [7, 11) is 1.54. The van der Waals surface area contributed by atoms with Gasteiger partial charge in [0.25, 0.3) is 0 Å². The van der Waals surface area contributed by atoms with Crippen molar-refractivity contribution in [2.75, 3.05) is 26.8 Å². The van der Waals surface area contributed by atoms with E-state index in [9.17, 15) is 23.1 Å². The van der Waals surface area contributed by atoms with Gasteiger partial charge in [-0.3, -0.25) is 0 Å². The average Bonchev–Trinajstić information content (AvgIpc) is 2.61. The van der Waals surface area contributed by atoms with Gasteiger partial charge in [0.15, 0.2) is 11.6 Å². The molecule has 146 valence electrons. The number of urea groups is 1. The summed E-state index contributed by atoms with van der Waals surface area (Å²) in [4.78, 5) is 12.9. The third-order valence-electron chi connectivity index (χ3n) is 5.02. The third kappa shape index (κ3) is 4.48. The second-order valence-corrected chi connectivity index (χ2v) is 6.75. The van der Waals surface area contributed by atoms with E-state index < -0.39 is 40.6 Å². The number of carbonyl (C=O) groups is 1. The van der Waals surface area contributed by atoms with Crippen molar-refractivity contribution in [1.82, 2.24) is 4.90 Å². The minimum Gasteiger partial charge on any atom is -0.385 e. The lowest BCUT2D eigenvalue weighted by molar-refractivity contribution is -0.0589. The van der Waals surface area contributed by atoms with Crippen LogP contribution in [-0.2, 0) is 10.3 Å². The molecule has 1 aromatic carbocycles. The minimum absolute atomic E-state index is 0.0907. The number of carbonyl (C=O) groups excluding carboxylic acids is 1. The third-order valence-corrected chi connectivity index (χ3v) is 5.02. The number of methoxy groups -OCH3 is 1. The molecule has 2 amide bonds. The Balaban J connectivity index is 2.37. The van der Waals surface area contributed by atoms with Gasteiger partial charge in [-0.25, -0.2) is 18.0 Å². The Bertz CT molecular complexity index is 644. The highest BCUT2D eigenvalue weighted by molar-refractivity contribution is 5.72. The summed E-state index contributed by atoms with van der Waals surface area (Å²) >= 11 is 0. The number of halogens is 3. The van der Waals surface area contributed by atoms with E-state index in [0.29, 0.717) is 44.9 Å². The predicted molar refractivity (Wildman–Crippen MR) is 89.8 cm³/mol. The molecule has 3 N–H and O–H groups in total. The molecule has 0 radical (unpaired) electrons. The fourth-order valence-electron chi connectivity index (χ4n) is 3.64. The van der Waals surface area contributed by atoms with Gasteiger partial charge in [-0.05, 0) is 38.2 Å². The Morgan fingerprint density at radius 1 is 1.38 bits per heavy atom. The van der Waals surface area contributed by atoms with Crippen molar-refractivity contribution >= 4 is 6.03 Å². The van der Waals surface area contributed by atoms with Crippen LogP contribution in [0.3, 0.4) is 0 Å². The van der Waals surface area contributed by atoms with Crippen LogP contribution in [0.25, 0.3) is 0 Å². The number of ether oxygens (including phenoxy) is 1. The number of aliphatic hydroxyl groups is 1. The van der Waals surface area contributed by atoms with E-state index in [1.54, 1.807) is 7.11 Å². The van der Waals surface area contributed by atoms with E-state index in [0.717, 1.165) is 6.07 Å². The summed E-state index contributed by atoms with van der Waals surface area (Å²) in [5, 5.41) is 11.3. The number of hydrogen-bond donors (Lipinski definition) is 2. The first-order valence-electron chi connectivity index (χ1n) is 8.70. The standard InChI is InChI=1S/C18H25F3N2O3/c1-26-8-3-2-6-18(25,12-5-4-7-23(11-12)17(22)24)14-9-13(19)10-15(20)16(14)21/h9-10,12,25H,2-8,11H2,1H3,(H2,22,24)/t12?,18-/m0/s1. The van der Waals surface area contributed by atoms with Crippen molar-refractivity contribution in [1.29, 1.82) is 0 Å². The Hall–Kier alpha value is -1.80. The summed E-state index contributed by atoms with van der Waals surface area (Å²) in [6.07, 6.45) is 2.21. The molecule has 1 unspecified atom stereocenters. The van der Waals surface area contributed by atoms with Crippen molar-refractivity contribution < 1.29 is 27.8 Å². The van der Waals surface area contributed by atoms with Crippen molar-refractivity contribution in [2.24, 2.45) is 11.7 Å². The van der Waals surface area contributed by atoms with Crippen molar-refractivity contribution in [3.8, 4) is 0 Å². The van der Waals surface area contributed by atoms with Crippen LogP contribution in [-0.4, -0.2) is 42.8 Å². The molecule has 5 nitrogen and oxygen atoms in total. The van der Waals surface area contributed by atoms with Crippen LogP contribution < -0.4 is 5.73 Å². The van der Waals surface area contributed by atoms with Crippen LogP contribution in [0.4, 0.5) is 18.0 Å². The summed E-state index contributed by atoms with van der Waals surface area (Å²) in [6, 6.07) is 0.640. The second-order valence-electron chi connectivity index (χ2n) is 6.75. The molecule has 1 fully saturated rings. The topological polar surface area (TPSA) is 75.8 Å². The zero-order chi connectivity index (χ0) is 19.3. The summed E-state index contributed by atoms with van der Waals surface area (Å²) in [5.74, 6) is -4.16. The largest absolute Gasteiger partial charge is 0.385 e. The molecule has 1 aliphatic heterocycles. The lowest BCUT2D eigenvalue weighted by atomic mass is 9.74. The van der Waals surface area contributed by atoms with Crippen LogP contribution in [0.5, 0.6) is 0 Å². The number of amides is 2. The lowest BCUT2D eigenvalue weighted by Crippen LogP contribution is -2.50. The molecular formula is C18H25F3N2O3. The van der Waals surface area contributed by atoms with Crippen molar-refractivity contribution in [3.05, 3.63) is 35.1 Å². The minimum atomic E-state index is -1.81. The summed E-state index contributed by atoms with van der Waals surface area (Å²) in [5.41, 5.74) is 3.10. The SMILES string of the molecule is COCCCC[C@@](O)(c1cc(F)cc(F)c1F)C1CCCN(C(N)=O)C1. The maximum atomic E-state index is 14.4. The van der Waals surface area contributed by atoms with Crippen LogP contribution >= 0.6 is 0 Å². The molecule has 8 heteroatoms. The molecule has 1 saturated heterocycles. The lowest BCUT2D eigenvalue weighted by Gasteiger charge is -2.42. The van der Waals surface area contributed by atoms with Gasteiger partial charge < -0.3 is 20.5 Å². The molecule has 0 aliphatic carbocycles. The number of benzene rings is 1. The van der Waals surface area contributed by atoms with Crippen LogP contribution in [0.15, 0.2) is 12.1 Å². The van der Waals surface area contributed by atoms with Crippen molar-refractivity contribution in [3.63, 3.8) is 0 Å². The molecule has 0 spiro atoms. The number of nitrogens with two attached hydrogens (primary N) is 1. The Morgan fingerprint density at radius 2 is 2.12 bits per heavy atom. The van der Waals surface area contributed by atoms with Crippen LogP contribution in [0, 0.1) is 23.4 Å². The van der Waals surface area contributed by atoms with E-state index in [-0.39, 0.29) is 13.0 Å². The summed E-state index contributed by atoms with van der Waals surface area (Å²) in [6.45, 7) is 0.993. The van der Waals surface area contributed by atoms with Gasteiger partial charge in [-0.1, -0.05) is 0 Å². The zero-order valence-electron chi connectivity index (χ0n) is 14.8. The molecule has 2 rings (SSSR count). The van der Waals surface area contributed by atoms with Gasteiger partial charge in [0.05, 0.1) is 5.60 Å². The first kappa shape index (κ1) is 20.5. The number of unbranched alkanes of at least 4 members (excludes halogenated alkanes) is 1. The maximum Gasteiger partial charge on any atom is 0.314 e. The Morgan fingerprint density at radius 3 is 2.77 bits per heavy atom. The van der Waals surface area contributed by atoms with E-state index in [1.165, 1.54) is 4.90 Å². The van der Waals surface area contributed by atoms with Gasteiger partial charge in [-0.15, -0.1) is 0 Å². The number of likely N-dealkylation sites (tertiary alicyclic amines) is 1. The number of rotatable bonds is 7. The molecule has 0 aromatic heterocycles. The van der Waals surface area contributed by atoms with Gasteiger partial charge in [0, 0.05) is 44.4 Å². The Labute approximate surface area is 150 Å². The molecule has 0 bridgehead atoms. The van der Waals surface area contributed by atoms with E-state index in [4.69, 9.17) is 10.5 Å². The number of primary amides is 1. The predicted octanol–water partition coefficient (Wildman–Crippen LogP) is 2.90. The fraction of sp³-hybridized carbons (Fsp3) is 0.611. The first-order valence-corrected chi connectivity index (χ1v) is 8.70. The van der Waals surface area contributed by atoms with Gasteiger partial charge in [0.2, 0.25) is 0 Å². The van der Waals surface area contributed by atoms with E-state index >= 15 is 0 Å². The quantitative estimate of drug-likeness (QED) is 0.569. The van der Waals surface area contributed by atoms with E-state index in [2.05, 4.69) is 0 Å². The van der Waals surface area contributed by atoms with Gasteiger partial charge >= 0.3 is 6.03 Å². The molecule has 2 atom stereocenters. The number of piperidine rings is 1. The van der Waals surface area contributed by atoms with E-state index in [1.807, 2.05) is 0 Å². The maximum absolute atomic E-state index is 14.4. The van der Waals surface area contributed by atoms with Crippen LogP contribution in [0.1, 0.15) is 37.7 Å². The van der Waals surface area contributed by atoms with Crippen molar-refractivity contribution in [2.45, 2.75) is 37.7 Å². The first-order chi connectivity index (χ1) is 12.3. The van der Waals surface area contributed by atoms with Gasteiger partial charge in [-0.2, -0.15) is 0 Å². The molecular weight excluding hydrogens is 349 g/mol. The molecule has 1 aliphatic rings. The highest BCUT2D eigenvalue weighted by Gasteiger charge is 2.43. The van der Waals surface area contributed by atoms with Crippen LogP contribution in [0.2, 0.25) is 0 Å². The monoisotopic (exact) mass is 374 g/mol. The second kappa shape index (κ2) is 8.73. The molecule has 26 heavy (non-hydrogen) atoms. The molecule has 1 heterocycles. The van der Waals surface area contributed by atoms with Gasteiger partial charge in [0.1, 0.15) is 5.82 Å². The number of nitrogens with zero attached hydrogens (tertiary/aromatic N) is 1. The highest BCUT2D eigenvalue weighted by atomic mass is 19.2. The highest BCUT2D eigenvalue weighted by Crippen LogP contribution is 2.41. The molecule has 1 aromatic rings. The zero-order valence-corrected chi connectivity index (χ0v) is 14.8. The fourth-order valence-corrected chi connectivity index (χ4v) is 3.64. The molecule has 0 saturated carbocycles. The smallest absolute Gasteiger partial charge is 0.314 e. The normalized spacial score (nSPS) is 20.0.